The Morgan fingerprint density at radius 3 is 1.69 bits per heavy atom. The first-order valence-corrected chi connectivity index (χ1v) is 18.1. The topological polar surface area (TPSA) is 235 Å². The van der Waals surface area contributed by atoms with Crippen molar-refractivity contribution in [1.29, 1.82) is 0 Å². The van der Waals surface area contributed by atoms with E-state index >= 15 is 0 Å². The highest BCUT2D eigenvalue weighted by Crippen LogP contribution is 2.27. The molecular weight excluding hydrogens is 630 g/mol. The Morgan fingerprint density at radius 1 is 0.653 bits per heavy atom. The number of rotatable bonds is 22. The third-order valence-electron chi connectivity index (χ3n) is 9.11. The van der Waals surface area contributed by atoms with E-state index < -0.39 is 65.7 Å². The lowest BCUT2D eigenvalue weighted by Crippen LogP contribution is -2.60. The van der Waals surface area contributed by atoms with Crippen molar-refractivity contribution in [3.05, 3.63) is 0 Å². The van der Waals surface area contributed by atoms with Crippen LogP contribution < -0.4 is 38.1 Å². The van der Waals surface area contributed by atoms with Gasteiger partial charge in [0, 0.05) is 5.92 Å². The molecule has 14 heteroatoms. The van der Waals surface area contributed by atoms with Gasteiger partial charge in [0.05, 0.1) is 6.10 Å². The fraction of sp³-hybridized carbons (Fsp3) is 0.829. The van der Waals surface area contributed by atoms with Gasteiger partial charge in [0.2, 0.25) is 29.5 Å². The van der Waals surface area contributed by atoms with Gasteiger partial charge in [-0.25, -0.2) is 0 Å². The quantitative estimate of drug-likeness (QED) is 0.0798. The Labute approximate surface area is 292 Å². The van der Waals surface area contributed by atoms with Crippen LogP contribution in [0.3, 0.4) is 0 Å². The van der Waals surface area contributed by atoms with Crippen LogP contribution in [0.5, 0.6) is 0 Å². The maximum absolute atomic E-state index is 13.8. The molecule has 10 N–H and O–H groups in total. The molecule has 7 atom stereocenters. The molecule has 0 unspecified atom stereocenters. The third-order valence-corrected chi connectivity index (χ3v) is 9.11. The van der Waals surface area contributed by atoms with Crippen molar-refractivity contribution in [2.45, 2.75) is 149 Å². The smallest absolute Gasteiger partial charge is 0.243 e. The minimum Gasteiger partial charge on any atom is -0.391 e. The van der Waals surface area contributed by atoms with E-state index in [-0.39, 0.29) is 42.5 Å². The molecule has 14 nitrogen and oxygen atoms in total. The number of carbonyl (C=O) groups excluding carboxylic acids is 6. The van der Waals surface area contributed by atoms with E-state index in [0.717, 1.165) is 32.1 Å². The zero-order valence-corrected chi connectivity index (χ0v) is 30.8. The SMILES string of the molecule is CC(=O)[C@@H](NC(=O)[C@@H](NC(=O)[C@H](CC1CCCCC1)NC(=O)[C@H](CCN)NC(=O)[C@@H](CC(C)C)NC(=O)[C@@H](C)CCCN)C(C)C)[C@@H](C)O. The summed E-state index contributed by atoms with van der Waals surface area (Å²) in [5.41, 5.74) is 11.4. The fourth-order valence-corrected chi connectivity index (χ4v) is 6.13. The number of ketones is 1. The molecule has 0 aromatic heterocycles. The molecular formula is C35H65N7O7. The number of aliphatic hydroxyl groups excluding tert-OH is 1. The average molecular weight is 696 g/mol. The number of hydrogen-bond donors (Lipinski definition) is 8. The molecule has 0 saturated heterocycles. The van der Waals surface area contributed by atoms with E-state index in [1.165, 1.54) is 13.8 Å². The van der Waals surface area contributed by atoms with Crippen molar-refractivity contribution in [3.8, 4) is 0 Å². The van der Waals surface area contributed by atoms with Gasteiger partial charge in [0.1, 0.15) is 30.2 Å². The van der Waals surface area contributed by atoms with Crippen LogP contribution >= 0.6 is 0 Å². The summed E-state index contributed by atoms with van der Waals surface area (Å²) in [5.74, 6) is -3.51. The predicted molar refractivity (Wildman–Crippen MR) is 189 cm³/mol. The van der Waals surface area contributed by atoms with E-state index in [0.29, 0.717) is 32.2 Å². The number of nitrogens with two attached hydrogens (primary N) is 2. The van der Waals surface area contributed by atoms with Crippen molar-refractivity contribution in [3.63, 3.8) is 0 Å². The normalized spacial score (nSPS) is 18.0. The predicted octanol–water partition coefficient (Wildman–Crippen LogP) is 0.777. The second-order valence-electron chi connectivity index (χ2n) is 14.5. The lowest BCUT2D eigenvalue weighted by molar-refractivity contribution is -0.136. The van der Waals surface area contributed by atoms with E-state index in [1.807, 2.05) is 13.8 Å². The van der Waals surface area contributed by atoms with Gasteiger partial charge in [0.25, 0.3) is 0 Å². The zero-order valence-electron chi connectivity index (χ0n) is 30.8. The number of nitrogens with one attached hydrogen (secondary N) is 5. The molecule has 1 aliphatic carbocycles. The van der Waals surface area contributed by atoms with Crippen LogP contribution in [0, 0.1) is 23.7 Å². The van der Waals surface area contributed by atoms with Crippen LogP contribution in [-0.2, 0) is 28.8 Å². The van der Waals surface area contributed by atoms with Crippen molar-refractivity contribution < 1.29 is 33.9 Å². The molecule has 1 aliphatic rings. The summed E-state index contributed by atoms with van der Waals surface area (Å²) in [4.78, 5) is 79.2. The Hall–Kier alpha value is -3.10. The summed E-state index contributed by atoms with van der Waals surface area (Å²) in [6.07, 6.45) is 5.81. The zero-order chi connectivity index (χ0) is 37.3. The number of amides is 5. The van der Waals surface area contributed by atoms with Crippen LogP contribution in [0.1, 0.15) is 113 Å². The molecule has 0 aromatic carbocycles. The molecule has 0 aliphatic heterocycles. The molecule has 5 amide bonds. The minimum atomic E-state index is -1.14. The second kappa shape index (κ2) is 22.6. The van der Waals surface area contributed by atoms with Crippen molar-refractivity contribution in [1.82, 2.24) is 26.6 Å². The van der Waals surface area contributed by atoms with Crippen molar-refractivity contribution >= 4 is 35.3 Å². The number of Topliss-reactive ketones (excluding diaryl/α,β-unsaturated/α-hetero) is 1. The first-order valence-electron chi connectivity index (χ1n) is 18.1. The van der Waals surface area contributed by atoms with Crippen molar-refractivity contribution in [2.75, 3.05) is 13.1 Å². The second-order valence-corrected chi connectivity index (χ2v) is 14.5. The molecule has 0 heterocycles. The summed E-state index contributed by atoms with van der Waals surface area (Å²) in [5, 5.41) is 23.7. The van der Waals surface area contributed by atoms with Gasteiger partial charge in [-0.3, -0.25) is 28.8 Å². The molecule has 1 rings (SSSR count). The highest BCUT2D eigenvalue weighted by Gasteiger charge is 2.35. The third kappa shape index (κ3) is 16.0. The monoisotopic (exact) mass is 695 g/mol. The van der Waals surface area contributed by atoms with Gasteiger partial charge in [-0.15, -0.1) is 0 Å². The highest BCUT2D eigenvalue weighted by molar-refractivity contribution is 5.96. The van der Waals surface area contributed by atoms with Gasteiger partial charge in [0.15, 0.2) is 5.78 Å². The van der Waals surface area contributed by atoms with Gasteiger partial charge in [-0.05, 0) is 76.8 Å². The average Bonchev–Trinajstić information content (AvgIpc) is 3.03. The van der Waals surface area contributed by atoms with Gasteiger partial charge >= 0.3 is 0 Å². The first kappa shape index (κ1) is 43.9. The molecule has 1 fully saturated rings. The summed E-state index contributed by atoms with van der Waals surface area (Å²) in [6.45, 7) is 12.3. The van der Waals surface area contributed by atoms with E-state index in [9.17, 15) is 33.9 Å². The van der Waals surface area contributed by atoms with E-state index in [4.69, 9.17) is 11.5 Å². The Bertz CT molecular complexity index is 1080. The van der Waals surface area contributed by atoms with Crippen molar-refractivity contribution in [2.24, 2.45) is 35.1 Å². The number of carbonyl (C=O) groups is 6. The standard InChI is InChI=1S/C35H65N7O7/c1-20(2)18-27(39-31(45)22(5)12-11-16-36)33(47)38-26(15-17-37)32(46)40-28(19-25-13-9-8-10-14-25)34(48)41-29(21(3)4)35(49)42-30(23(6)43)24(7)44/h20-23,25-30,43H,8-19,36-37H2,1-7H3,(H,38,47)(H,39,45)(H,40,46)(H,41,48)(H,42,49)/t22-,23+,26-,27+,28-,29-,30-/m0/s1. The molecule has 0 spiro atoms. The van der Waals surface area contributed by atoms with Gasteiger partial charge < -0.3 is 43.2 Å². The van der Waals surface area contributed by atoms with Crippen LogP contribution in [0.2, 0.25) is 0 Å². The summed E-state index contributed by atoms with van der Waals surface area (Å²) < 4.78 is 0. The molecule has 1 saturated carbocycles. The van der Waals surface area contributed by atoms with Crippen LogP contribution in [0.4, 0.5) is 0 Å². The number of aliphatic hydroxyl groups is 1. The molecule has 282 valence electrons. The Kier molecular flexibility index (Phi) is 20.2. The summed E-state index contributed by atoms with van der Waals surface area (Å²) >= 11 is 0. The summed E-state index contributed by atoms with van der Waals surface area (Å²) in [7, 11) is 0. The highest BCUT2D eigenvalue weighted by atomic mass is 16.3. The van der Waals surface area contributed by atoms with Gasteiger partial charge in [-0.2, -0.15) is 0 Å². The lowest BCUT2D eigenvalue weighted by Gasteiger charge is -2.31. The molecule has 0 bridgehead atoms. The van der Waals surface area contributed by atoms with Gasteiger partial charge in [-0.1, -0.05) is 66.7 Å². The maximum atomic E-state index is 13.8. The fourth-order valence-electron chi connectivity index (χ4n) is 6.13. The lowest BCUT2D eigenvalue weighted by atomic mass is 9.84. The number of hydrogen-bond acceptors (Lipinski definition) is 9. The van der Waals surface area contributed by atoms with Crippen LogP contribution in [0.25, 0.3) is 0 Å². The largest absolute Gasteiger partial charge is 0.391 e. The minimum absolute atomic E-state index is 0.0678. The van der Waals surface area contributed by atoms with Crippen LogP contribution in [0.15, 0.2) is 0 Å². The molecule has 49 heavy (non-hydrogen) atoms. The maximum Gasteiger partial charge on any atom is 0.243 e. The Morgan fingerprint density at radius 2 is 1.18 bits per heavy atom. The Balaban J connectivity index is 3.22. The molecule has 0 aromatic rings. The molecule has 0 radical (unpaired) electrons. The van der Waals surface area contributed by atoms with E-state index in [1.54, 1.807) is 20.8 Å². The first-order chi connectivity index (χ1) is 23.0. The summed E-state index contributed by atoms with van der Waals surface area (Å²) in [6, 6.07) is -5.16. The van der Waals surface area contributed by atoms with E-state index in [2.05, 4.69) is 26.6 Å². The van der Waals surface area contributed by atoms with Crippen LogP contribution in [-0.4, -0.2) is 89.8 Å².